The van der Waals surface area contributed by atoms with Gasteiger partial charge in [-0.2, -0.15) is 0 Å². The van der Waals surface area contributed by atoms with Gasteiger partial charge in [-0.15, -0.1) is 0 Å². The third-order valence-electron chi connectivity index (χ3n) is 9.43. The van der Waals surface area contributed by atoms with Crippen LogP contribution in [0.3, 0.4) is 0 Å². The maximum atomic E-state index is 3.78. The number of aromatic nitrogens is 1. The Bertz CT molecular complexity index is 2300. The molecular formula is C43H30N2. The molecule has 0 aliphatic heterocycles. The summed E-state index contributed by atoms with van der Waals surface area (Å²) in [5.41, 5.74) is 13.1. The van der Waals surface area contributed by atoms with Crippen LogP contribution < -0.4 is 5.32 Å². The standard InChI is InChI=1S/C43H30N2/c1-3-14-30(15-4-1)43(39-23-10-7-20-35(39)36-21-8-11-24-40(36)43)31-16-13-17-32(28-31)44-33-26-27-42-38(29-33)37-22-9-12-25-41(37)45(42)34-18-5-2-6-19-34/h1-29,44H. The molecule has 7 aromatic carbocycles. The Balaban J connectivity index is 1.20. The molecule has 0 fully saturated rings. The summed E-state index contributed by atoms with van der Waals surface area (Å²) >= 11 is 0. The first kappa shape index (κ1) is 25.6. The van der Waals surface area contributed by atoms with E-state index in [1.54, 1.807) is 0 Å². The summed E-state index contributed by atoms with van der Waals surface area (Å²) in [6, 6.07) is 63.7. The smallest absolute Gasteiger partial charge is 0.0714 e. The Labute approximate surface area is 262 Å². The van der Waals surface area contributed by atoms with E-state index < -0.39 is 5.41 Å². The Morgan fingerprint density at radius 2 is 0.978 bits per heavy atom. The number of benzene rings is 7. The summed E-state index contributed by atoms with van der Waals surface area (Å²) in [5.74, 6) is 0. The lowest BCUT2D eigenvalue weighted by Crippen LogP contribution is -2.28. The highest BCUT2D eigenvalue weighted by Crippen LogP contribution is 2.56. The number of anilines is 2. The van der Waals surface area contributed by atoms with Crippen molar-refractivity contribution >= 4 is 33.2 Å². The maximum absolute atomic E-state index is 3.78. The molecule has 45 heavy (non-hydrogen) atoms. The largest absolute Gasteiger partial charge is 0.355 e. The highest BCUT2D eigenvalue weighted by Gasteiger charge is 2.45. The van der Waals surface area contributed by atoms with Gasteiger partial charge in [-0.1, -0.05) is 127 Å². The van der Waals surface area contributed by atoms with E-state index >= 15 is 0 Å². The highest BCUT2D eigenvalue weighted by molar-refractivity contribution is 6.10. The van der Waals surface area contributed by atoms with Crippen LogP contribution in [0.5, 0.6) is 0 Å². The predicted octanol–water partition coefficient (Wildman–Crippen LogP) is 10.9. The molecule has 1 aromatic heterocycles. The fourth-order valence-electron chi connectivity index (χ4n) is 7.61. The van der Waals surface area contributed by atoms with E-state index in [1.807, 2.05) is 0 Å². The number of para-hydroxylation sites is 2. The summed E-state index contributed by atoms with van der Waals surface area (Å²) in [6.45, 7) is 0. The van der Waals surface area contributed by atoms with Crippen LogP contribution in [0.1, 0.15) is 22.3 Å². The molecule has 0 saturated heterocycles. The molecule has 1 heterocycles. The number of hydrogen-bond donors (Lipinski definition) is 1. The fraction of sp³-hybridized carbons (Fsp3) is 0.0233. The van der Waals surface area contributed by atoms with E-state index in [0.717, 1.165) is 11.4 Å². The van der Waals surface area contributed by atoms with Crippen molar-refractivity contribution in [3.8, 4) is 16.8 Å². The molecule has 0 amide bonds. The second-order valence-corrected chi connectivity index (χ2v) is 11.8. The lowest BCUT2D eigenvalue weighted by atomic mass is 9.67. The molecule has 9 rings (SSSR count). The van der Waals surface area contributed by atoms with Crippen LogP contribution in [-0.4, -0.2) is 4.57 Å². The molecule has 0 radical (unpaired) electrons. The van der Waals surface area contributed by atoms with Crippen molar-refractivity contribution in [3.05, 3.63) is 198 Å². The van der Waals surface area contributed by atoms with Gasteiger partial charge < -0.3 is 9.88 Å². The summed E-state index contributed by atoms with van der Waals surface area (Å²) in [5, 5.41) is 6.26. The summed E-state index contributed by atoms with van der Waals surface area (Å²) < 4.78 is 2.35. The molecule has 0 spiro atoms. The van der Waals surface area contributed by atoms with Gasteiger partial charge in [-0.3, -0.25) is 0 Å². The minimum Gasteiger partial charge on any atom is -0.355 e. The number of fused-ring (bicyclic) bond motifs is 6. The minimum atomic E-state index is -0.417. The third-order valence-corrected chi connectivity index (χ3v) is 9.43. The molecule has 2 heteroatoms. The van der Waals surface area contributed by atoms with Crippen LogP contribution >= 0.6 is 0 Å². The van der Waals surface area contributed by atoms with E-state index in [2.05, 4.69) is 186 Å². The Kier molecular flexibility index (Phi) is 5.76. The summed E-state index contributed by atoms with van der Waals surface area (Å²) in [7, 11) is 0. The van der Waals surface area contributed by atoms with Gasteiger partial charge in [0.15, 0.2) is 0 Å². The van der Waals surface area contributed by atoms with Crippen molar-refractivity contribution in [2.75, 3.05) is 5.32 Å². The molecule has 1 aliphatic carbocycles. The van der Waals surface area contributed by atoms with Crippen molar-refractivity contribution in [1.29, 1.82) is 0 Å². The fourth-order valence-corrected chi connectivity index (χ4v) is 7.61. The van der Waals surface area contributed by atoms with E-state index in [9.17, 15) is 0 Å². The zero-order valence-electron chi connectivity index (χ0n) is 24.7. The van der Waals surface area contributed by atoms with Gasteiger partial charge in [0.25, 0.3) is 0 Å². The van der Waals surface area contributed by atoms with Gasteiger partial charge in [-0.05, 0) is 81.9 Å². The van der Waals surface area contributed by atoms with Crippen LogP contribution in [0.2, 0.25) is 0 Å². The average molecular weight is 575 g/mol. The van der Waals surface area contributed by atoms with Crippen molar-refractivity contribution in [2.24, 2.45) is 0 Å². The van der Waals surface area contributed by atoms with E-state index in [-0.39, 0.29) is 0 Å². The topological polar surface area (TPSA) is 17.0 Å². The van der Waals surface area contributed by atoms with Gasteiger partial charge in [0.05, 0.1) is 16.4 Å². The maximum Gasteiger partial charge on any atom is 0.0714 e. The first-order valence-electron chi connectivity index (χ1n) is 15.5. The van der Waals surface area contributed by atoms with Crippen molar-refractivity contribution in [2.45, 2.75) is 5.41 Å². The van der Waals surface area contributed by atoms with Crippen molar-refractivity contribution in [3.63, 3.8) is 0 Å². The van der Waals surface area contributed by atoms with Gasteiger partial charge in [0, 0.05) is 27.8 Å². The SMILES string of the molecule is c1ccc(-n2c3ccccc3c3cc(Nc4cccc(C5(c6ccccc6)c6ccccc6-c6ccccc65)c4)ccc32)cc1. The first-order chi connectivity index (χ1) is 22.3. The Morgan fingerprint density at radius 1 is 0.400 bits per heavy atom. The highest BCUT2D eigenvalue weighted by atomic mass is 15.0. The van der Waals surface area contributed by atoms with Crippen LogP contribution in [0, 0.1) is 0 Å². The molecule has 212 valence electrons. The van der Waals surface area contributed by atoms with Crippen LogP contribution in [0.15, 0.2) is 176 Å². The number of nitrogens with one attached hydrogen (secondary N) is 1. The van der Waals surface area contributed by atoms with Crippen LogP contribution in [0.4, 0.5) is 11.4 Å². The number of rotatable bonds is 5. The van der Waals surface area contributed by atoms with Gasteiger partial charge in [0.1, 0.15) is 0 Å². The van der Waals surface area contributed by atoms with E-state index in [1.165, 1.54) is 60.9 Å². The monoisotopic (exact) mass is 574 g/mol. The van der Waals surface area contributed by atoms with Gasteiger partial charge in [-0.25, -0.2) is 0 Å². The summed E-state index contributed by atoms with van der Waals surface area (Å²) in [6.07, 6.45) is 0. The summed E-state index contributed by atoms with van der Waals surface area (Å²) in [4.78, 5) is 0. The van der Waals surface area contributed by atoms with E-state index in [4.69, 9.17) is 0 Å². The quantitative estimate of drug-likeness (QED) is 0.216. The van der Waals surface area contributed by atoms with Crippen LogP contribution in [-0.2, 0) is 5.41 Å². The van der Waals surface area contributed by atoms with Crippen LogP contribution in [0.25, 0.3) is 38.6 Å². The molecule has 8 aromatic rings. The molecule has 0 atom stereocenters. The van der Waals surface area contributed by atoms with Crippen molar-refractivity contribution in [1.82, 2.24) is 4.57 Å². The number of nitrogens with zero attached hydrogens (tertiary/aromatic N) is 1. The lowest BCUT2D eigenvalue weighted by molar-refractivity contribution is 0.769. The Morgan fingerprint density at radius 3 is 1.73 bits per heavy atom. The zero-order chi connectivity index (χ0) is 29.8. The molecule has 0 saturated carbocycles. The lowest BCUT2D eigenvalue weighted by Gasteiger charge is -2.34. The number of hydrogen-bond acceptors (Lipinski definition) is 1. The molecular weight excluding hydrogens is 544 g/mol. The zero-order valence-corrected chi connectivity index (χ0v) is 24.7. The minimum absolute atomic E-state index is 0.417. The van der Waals surface area contributed by atoms with E-state index in [0.29, 0.717) is 0 Å². The predicted molar refractivity (Wildman–Crippen MR) is 188 cm³/mol. The second-order valence-electron chi connectivity index (χ2n) is 11.8. The van der Waals surface area contributed by atoms with Gasteiger partial charge >= 0.3 is 0 Å². The molecule has 2 nitrogen and oxygen atoms in total. The van der Waals surface area contributed by atoms with Gasteiger partial charge in [0.2, 0.25) is 0 Å². The van der Waals surface area contributed by atoms with Crippen molar-refractivity contribution < 1.29 is 0 Å². The second kappa shape index (κ2) is 10.1. The Hall–Kier alpha value is -5.86. The normalized spacial score (nSPS) is 13.1. The third kappa shape index (κ3) is 3.82. The first-order valence-corrected chi connectivity index (χ1v) is 15.5. The molecule has 0 bridgehead atoms. The molecule has 0 unspecified atom stereocenters. The molecule has 1 aliphatic rings. The average Bonchev–Trinajstić information content (AvgIpc) is 3.60. The molecule has 1 N–H and O–H groups in total.